The number of halogens is 1. The van der Waals surface area contributed by atoms with Crippen molar-refractivity contribution in [1.82, 2.24) is 10.1 Å². The fourth-order valence-electron chi connectivity index (χ4n) is 4.43. The van der Waals surface area contributed by atoms with Gasteiger partial charge in [0.15, 0.2) is 0 Å². The minimum Gasteiger partial charge on any atom is -0.363 e. The van der Waals surface area contributed by atoms with Crippen molar-refractivity contribution in [3.63, 3.8) is 0 Å². The molecule has 1 aliphatic heterocycles. The topological polar surface area (TPSA) is 29.3 Å². The number of aromatic nitrogens is 1. The summed E-state index contributed by atoms with van der Waals surface area (Å²) >= 11 is 3.64. The van der Waals surface area contributed by atoms with E-state index in [1.54, 1.807) is 0 Å². The SMILES string of the molecule is CC1CC=C(C2CCCCN(C)CC2)c2nocc2-c2cc(Br)ccc21. The van der Waals surface area contributed by atoms with Crippen molar-refractivity contribution >= 4 is 21.5 Å². The Hall–Kier alpha value is -1.39. The predicted octanol–water partition coefficient (Wildman–Crippen LogP) is 6.12. The van der Waals surface area contributed by atoms with Crippen molar-refractivity contribution in [3.05, 3.63) is 46.3 Å². The number of fused-ring (bicyclic) bond motifs is 3. The molecule has 1 aromatic heterocycles. The van der Waals surface area contributed by atoms with Crippen LogP contribution in [0.5, 0.6) is 0 Å². The third-order valence-corrected chi connectivity index (χ3v) is 6.51. The van der Waals surface area contributed by atoms with Crippen LogP contribution in [0.25, 0.3) is 16.7 Å². The fraction of sp³-hybridized carbons (Fsp3) is 0.500. The van der Waals surface area contributed by atoms with Gasteiger partial charge in [0.2, 0.25) is 0 Å². The molecule has 138 valence electrons. The fourth-order valence-corrected chi connectivity index (χ4v) is 4.79. The summed E-state index contributed by atoms with van der Waals surface area (Å²) in [6.45, 7) is 4.71. The van der Waals surface area contributed by atoms with Gasteiger partial charge in [0.25, 0.3) is 0 Å². The molecule has 1 aromatic carbocycles. The first-order valence-corrected chi connectivity index (χ1v) is 10.6. The van der Waals surface area contributed by atoms with E-state index in [9.17, 15) is 0 Å². The Kier molecular flexibility index (Phi) is 5.32. The van der Waals surface area contributed by atoms with Gasteiger partial charge < -0.3 is 9.42 Å². The van der Waals surface area contributed by atoms with E-state index in [0.717, 1.165) is 28.7 Å². The predicted molar refractivity (Wildman–Crippen MR) is 110 cm³/mol. The standard InChI is InChI=1S/C22H27BrN2O/c1-15-6-8-19(16-5-3-4-11-25(2)12-10-16)22-21(14-26-24-22)20-13-17(23)7-9-18(15)20/h7-9,13-16H,3-6,10-12H2,1-2H3. The minimum absolute atomic E-state index is 0.493. The van der Waals surface area contributed by atoms with Gasteiger partial charge in [-0.05, 0) is 86.5 Å². The number of likely N-dealkylation sites (tertiary alicyclic amines) is 1. The lowest BCUT2D eigenvalue weighted by Crippen LogP contribution is -2.26. The number of rotatable bonds is 1. The van der Waals surface area contributed by atoms with E-state index < -0.39 is 0 Å². The quantitative estimate of drug-likeness (QED) is 0.562. The summed E-state index contributed by atoms with van der Waals surface area (Å²) in [6, 6.07) is 6.60. The summed E-state index contributed by atoms with van der Waals surface area (Å²) in [7, 11) is 2.24. The average Bonchev–Trinajstić information content (AvgIpc) is 3.08. The van der Waals surface area contributed by atoms with E-state index in [1.807, 2.05) is 6.26 Å². The Bertz CT molecular complexity index is 810. The monoisotopic (exact) mass is 414 g/mol. The molecule has 0 N–H and O–H groups in total. The van der Waals surface area contributed by atoms with Crippen LogP contribution in [0.3, 0.4) is 0 Å². The summed E-state index contributed by atoms with van der Waals surface area (Å²) in [5.41, 5.74) is 6.25. The first kappa shape index (κ1) is 18.0. The Morgan fingerprint density at radius 1 is 1.15 bits per heavy atom. The second-order valence-electron chi connectivity index (χ2n) is 7.89. The van der Waals surface area contributed by atoms with Crippen LogP contribution in [0.1, 0.15) is 56.2 Å². The molecule has 2 heterocycles. The summed E-state index contributed by atoms with van der Waals surface area (Å²) < 4.78 is 6.60. The van der Waals surface area contributed by atoms with Gasteiger partial charge in [0.1, 0.15) is 12.0 Å². The number of nitrogens with zero attached hydrogens (tertiary/aromatic N) is 2. The van der Waals surface area contributed by atoms with Crippen molar-refractivity contribution in [2.75, 3.05) is 20.1 Å². The van der Waals surface area contributed by atoms with Crippen molar-refractivity contribution < 1.29 is 4.52 Å². The smallest absolute Gasteiger partial charge is 0.132 e. The molecule has 3 nitrogen and oxygen atoms in total. The molecule has 2 aliphatic rings. The van der Waals surface area contributed by atoms with Gasteiger partial charge in [-0.25, -0.2) is 0 Å². The van der Waals surface area contributed by atoms with Crippen molar-refractivity contribution in [1.29, 1.82) is 0 Å². The third-order valence-electron chi connectivity index (χ3n) is 6.01. The lowest BCUT2D eigenvalue weighted by molar-refractivity contribution is 0.278. The summed E-state index contributed by atoms with van der Waals surface area (Å²) in [5, 5.41) is 4.47. The van der Waals surface area contributed by atoms with Crippen LogP contribution in [0, 0.1) is 5.92 Å². The van der Waals surface area contributed by atoms with Gasteiger partial charge in [-0.1, -0.05) is 46.6 Å². The van der Waals surface area contributed by atoms with Gasteiger partial charge >= 0.3 is 0 Å². The van der Waals surface area contributed by atoms with E-state index in [2.05, 4.69) is 64.2 Å². The van der Waals surface area contributed by atoms with Crippen molar-refractivity contribution in [2.45, 2.75) is 44.9 Å². The maximum atomic E-state index is 5.49. The van der Waals surface area contributed by atoms with Crippen LogP contribution in [0.4, 0.5) is 0 Å². The lowest BCUT2D eigenvalue weighted by Gasteiger charge is -2.28. The Morgan fingerprint density at radius 2 is 2.04 bits per heavy atom. The van der Waals surface area contributed by atoms with E-state index in [0.29, 0.717) is 11.8 Å². The van der Waals surface area contributed by atoms with Gasteiger partial charge in [-0.15, -0.1) is 0 Å². The number of benzene rings is 1. The Morgan fingerprint density at radius 3 is 2.92 bits per heavy atom. The highest BCUT2D eigenvalue weighted by molar-refractivity contribution is 9.10. The molecule has 0 saturated carbocycles. The van der Waals surface area contributed by atoms with E-state index >= 15 is 0 Å². The molecule has 2 unspecified atom stereocenters. The maximum Gasteiger partial charge on any atom is 0.132 e. The molecule has 0 radical (unpaired) electrons. The summed E-state index contributed by atoms with van der Waals surface area (Å²) in [6.07, 6.45) is 10.4. The average molecular weight is 415 g/mol. The van der Waals surface area contributed by atoms with Gasteiger partial charge in [0, 0.05) is 10.0 Å². The molecule has 26 heavy (non-hydrogen) atoms. The van der Waals surface area contributed by atoms with Crippen LogP contribution in [0.2, 0.25) is 0 Å². The van der Waals surface area contributed by atoms with Crippen LogP contribution < -0.4 is 0 Å². The van der Waals surface area contributed by atoms with Crippen molar-refractivity contribution in [2.24, 2.45) is 5.92 Å². The first-order chi connectivity index (χ1) is 12.6. The second kappa shape index (κ2) is 7.69. The lowest BCUT2D eigenvalue weighted by atomic mass is 9.80. The van der Waals surface area contributed by atoms with Gasteiger partial charge in [-0.2, -0.15) is 0 Å². The normalized spacial score (nSPS) is 24.5. The molecule has 1 fully saturated rings. The highest BCUT2D eigenvalue weighted by Crippen LogP contribution is 2.43. The second-order valence-corrected chi connectivity index (χ2v) is 8.80. The van der Waals surface area contributed by atoms with Crippen LogP contribution in [-0.2, 0) is 0 Å². The largest absolute Gasteiger partial charge is 0.363 e. The molecule has 2 aromatic rings. The molecular formula is C22H27BrN2O. The molecule has 0 spiro atoms. The maximum absolute atomic E-state index is 5.49. The molecule has 2 atom stereocenters. The number of hydrogen-bond acceptors (Lipinski definition) is 3. The highest BCUT2D eigenvalue weighted by atomic mass is 79.9. The molecule has 4 rings (SSSR count). The minimum atomic E-state index is 0.493. The Balaban J connectivity index is 1.76. The first-order valence-electron chi connectivity index (χ1n) is 9.76. The van der Waals surface area contributed by atoms with E-state index in [1.165, 1.54) is 48.9 Å². The van der Waals surface area contributed by atoms with Gasteiger partial charge in [-0.3, -0.25) is 0 Å². The van der Waals surface area contributed by atoms with Gasteiger partial charge in [0.05, 0.1) is 0 Å². The summed E-state index contributed by atoms with van der Waals surface area (Å²) in [4.78, 5) is 2.47. The zero-order chi connectivity index (χ0) is 18.1. The van der Waals surface area contributed by atoms with Crippen LogP contribution >= 0.6 is 15.9 Å². The van der Waals surface area contributed by atoms with Crippen LogP contribution in [0.15, 0.2) is 39.5 Å². The number of allylic oxidation sites excluding steroid dienone is 2. The third kappa shape index (κ3) is 3.54. The van der Waals surface area contributed by atoms with E-state index in [4.69, 9.17) is 4.52 Å². The summed E-state index contributed by atoms with van der Waals surface area (Å²) in [5.74, 6) is 1.06. The molecule has 1 saturated heterocycles. The molecule has 4 heteroatoms. The molecule has 1 aliphatic carbocycles. The zero-order valence-electron chi connectivity index (χ0n) is 15.7. The van der Waals surface area contributed by atoms with Crippen LogP contribution in [-0.4, -0.2) is 30.2 Å². The number of hydrogen-bond donors (Lipinski definition) is 0. The molecular weight excluding hydrogens is 388 g/mol. The molecule has 0 bridgehead atoms. The zero-order valence-corrected chi connectivity index (χ0v) is 17.3. The Labute approximate surface area is 164 Å². The van der Waals surface area contributed by atoms with Crippen molar-refractivity contribution in [3.8, 4) is 11.1 Å². The highest BCUT2D eigenvalue weighted by Gasteiger charge is 2.27. The van der Waals surface area contributed by atoms with E-state index in [-0.39, 0.29) is 0 Å². The molecule has 0 amide bonds.